The second-order valence-corrected chi connectivity index (χ2v) is 6.97. The zero-order chi connectivity index (χ0) is 15.5. The topological polar surface area (TPSA) is 55.4 Å². The fourth-order valence-electron chi connectivity index (χ4n) is 1.96. The van der Waals surface area contributed by atoms with Crippen molar-refractivity contribution in [3.8, 4) is 5.75 Å². The third-order valence-electron chi connectivity index (χ3n) is 3.28. The van der Waals surface area contributed by atoms with Crippen LogP contribution >= 0.6 is 0 Å². The van der Waals surface area contributed by atoms with Crippen molar-refractivity contribution < 1.29 is 13.2 Å². The van der Waals surface area contributed by atoms with Crippen LogP contribution in [0.1, 0.15) is 11.1 Å². The zero-order valence-corrected chi connectivity index (χ0v) is 13.2. The van der Waals surface area contributed by atoms with Crippen LogP contribution in [0, 0.1) is 6.92 Å². The Kier molecular flexibility index (Phi) is 4.53. The van der Waals surface area contributed by atoms with Crippen molar-refractivity contribution in [3.05, 3.63) is 53.6 Å². The monoisotopic (exact) mass is 305 g/mol. The van der Waals surface area contributed by atoms with Gasteiger partial charge in [-0.3, -0.25) is 0 Å². The van der Waals surface area contributed by atoms with Crippen LogP contribution < -0.4 is 10.1 Å². The van der Waals surface area contributed by atoms with E-state index < -0.39 is 9.84 Å². The van der Waals surface area contributed by atoms with Crippen molar-refractivity contribution in [1.82, 2.24) is 0 Å². The molecule has 0 radical (unpaired) electrons. The van der Waals surface area contributed by atoms with Crippen molar-refractivity contribution in [3.63, 3.8) is 0 Å². The van der Waals surface area contributed by atoms with Crippen molar-refractivity contribution in [1.29, 1.82) is 0 Å². The highest BCUT2D eigenvalue weighted by molar-refractivity contribution is 7.90. The SMILES string of the molecule is COc1ccc(CNc2cc(S(C)(=O)=O)ccc2C)cc1. The Bertz CT molecular complexity index is 722. The molecule has 0 aliphatic rings. The van der Waals surface area contributed by atoms with Gasteiger partial charge in [0.1, 0.15) is 5.75 Å². The van der Waals surface area contributed by atoms with Crippen molar-refractivity contribution in [2.75, 3.05) is 18.7 Å². The maximum absolute atomic E-state index is 11.6. The van der Waals surface area contributed by atoms with E-state index in [9.17, 15) is 8.42 Å². The molecule has 0 heterocycles. The Morgan fingerprint density at radius 3 is 2.33 bits per heavy atom. The molecule has 0 atom stereocenters. The minimum absolute atomic E-state index is 0.324. The third kappa shape index (κ3) is 3.98. The first-order valence-electron chi connectivity index (χ1n) is 6.57. The first-order chi connectivity index (χ1) is 9.90. The van der Waals surface area contributed by atoms with Gasteiger partial charge >= 0.3 is 0 Å². The summed E-state index contributed by atoms with van der Waals surface area (Å²) in [7, 11) is -1.56. The van der Waals surface area contributed by atoms with Crippen LogP contribution in [0.25, 0.3) is 0 Å². The molecule has 21 heavy (non-hydrogen) atoms. The lowest BCUT2D eigenvalue weighted by molar-refractivity contribution is 0.414. The van der Waals surface area contributed by atoms with Gasteiger partial charge < -0.3 is 10.1 Å². The standard InChI is InChI=1S/C16H19NO3S/c1-12-4-9-15(21(3,18)19)10-16(12)17-11-13-5-7-14(20-2)8-6-13/h4-10,17H,11H2,1-3H3. The quantitative estimate of drug-likeness (QED) is 0.922. The number of hydrogen-bond donors (Lipinski definition) is 1. The predicted molar refractivity (Wildman–Crippen MR) is 84.6 cm³/mol. The molecule has 0 saturated heterocycles. The maximum Gasteiger partial charge on any atom is 0.175 e. The molecule has 1 N–H and O–H groups in total. The van der Waals surface area contributed by atoms with Gasteiger partial charge in [0.05, 0.1) is 12.0 Å². The van der Waals surface area contributed by atoms with E-state index in [-0.39, 0.29) is 0 Å². The van der Waals surface area contributed by atoms with Gasteiger partial charge in [0.2, 0.25) is 0 Å². The number of nitrogens with one attached hydrogen (secondary N) is 1. The molecule has 0 spiro atoms. The molecule has 0 bridgehead atoms. The van der Waals surface area contributed by atoms with Gasteiger partial charge in [-0.1, -0.05) is 18.2 Å². The number of ether oxygens (including phenoxy) is 1. The molecule has 2 aromatic carbocycles. The zero-order valence-electron chi connectivity index (χ0n) is 12.4. The van der Waals surface area contributed by atoms with Crippen LogP contribution in [-0.4, -0.2) is 21.8 Å². The predicted octanol–water partition coefficient (Wildman–Crippen LogP) is 3.02. The number of aryl methyl sites for hydroxylation is 1. The number of rotatable bonds is 5. The van der Waals surface area contributed by atoms with Gasteiger partial charge in [0.15, 0.2) is 9.84 Å². The van der Waals surface area contributed by atoms with Gasteiger partial charge in [-0.15, -0.1) is 0 Å². The Morgan fingerprint density at radius 1 is 1.10 bits per heavy atom. The molecule has 0 aromatic heterocycles. The molecule has 4 nitrogen and oxygen atoms in total. The van der Waals surface area contributed by atoms with E-state index in [4.69, 9.17) is 4.74 Å². The fourth-order valence-corrected chi connectivity index (χ4v) is 2.61. The second kappa shape index (κ2) is 6.18. The summed E-state index contributed by atoms with van der Waals surface area (Å²) in [5, 5.41) is 3.27. The van der Waals surface area contributed by atoms with Crippen LogP contribution in [0.5, 0.6) is 5.75 Å². The summed E-state index contributed by atoms with van der Waals surface area (Å²) in [6.45, 7) is 2.57. The van der Waals surface area contributed by atoms with Crippen LogP contribution in [-0.2, 0) is 16.4 Å². The molecule has 0 fully saturated rings. The minimum atomic E-state index is -3.19. The van der Waals surface area contributed by atoms with Crippen molar-refractivity contribution >= 4 is 15.5 Å². The maximum atomic E-state index is 11.6. The van der Waals surface area contributed by atoms with E-state index >= 15 is 0 Å². The number of methoxy groups -OCH3 is 1. The Labute approximate surface area is 125 Å². The summed E-state index contributed by atoms with van der Waals surface area (Å²) in [5.41, 5.74) is 2.93. The smallest absolute Gasteiger partial charge is 0.175 e. The highest BCUT2D eigenvalue weighted by Crippen LogP contribution is 2.21. The summed E-state index contributed by atoms with van der Waals surface area (Å²) in [6, 6.07) is 12.9. The number of benzene rings is 2. The third-order valence-corrected chi connectivity index (χ3v) is 4.39. The first kappa shape index (κ1) is 15.4. The summed E-state index contributed by atoms with van der Waals surface area (Å²) in [6.07, 6.45) is 1.21. The van der Waals surface area contributed by atoms with Gasteiger partial charge in [-0.05, 0) is 42.3 Å². The van der Waals surface area contributed by atoms with Crippen LogP contribution in [0.4, 0.5) is 5.69 Å². The van der Waals surface area contributed by atoms with Gasteiger partial charge in [0, 0.05) is 18.5 Å². The molecule has 5 heteroatoms. The summed E-state index contributed by atoms with van der Waals surface area (Å²) < 4.78 is 28.3. The average Bonchev–Trinajstić information content (AvgIpc) is 2.45. The highest BCUT2D eigenvalue weighted by atomic mass is 32.2. The van der Waals surface area contributed by atoms with E-state index in [0.717, 1.165) is 22.6 Å². The molecule has 112 valence electrons. The number of anilines is 1. The molecular weight excluding hydrogens is 286 g/mol. The van der Waals surface area contributed by atoms with Crippen LogP contribution in [0.2, 0.25) is 0 Å². The normalized spacial score (nSPS) is 11.2. The molecule has 0 aliphatic heterocycles. The van der Waals surface area contributed by atoms with E-state index in [1.54, 1.807) is 19.2 Å². The van der Waals surface area contributed by atoms with E-state index in [1.807, 2.05) is 37.3 Å². The number of hydrogen-bond acceptors (Lipinski definition) is 4. The molecule has 0 amide bonds. The van der Waals surface area contributed by atoms with Gasteiger partial charge in [-0.25, -0.2) is 8.42 Å². The lowest BCUT2D eigenvalue weighted by atomic mass is 10.1. The Morgan fingerprint density at radius 2 is 1.76 bits per heavy atom. The molecule has 0 saturated carbocycles. The largest absolute Gasteiger partial charge is 0.497 e. The molecule has 2 aromatic rings. The molecule has 0 aliphatic carbocycles. The van der Waals surface area contributed by atoms with Crippen LogP contribution in [0.3, 0.4) is 0 Å². The highest BCUT2D eigenvalue weighted by Gasteiger charge is 2.09. The Balaban J connectivity index is 2.15. The first-order valence-corrected chi connectivity index (χ1v) is 8.47. The van der Waals surface area contributed by atoms with Gasteiger partial charge in [0.25, 0.3) is 0 Å². The van der Waals surface area contributed by atoms with Crippen molar-refractivity contribution in [2.45, 2.75) is 18.4 Å². The van der Waals surface area contributed by atoms with E-state index in [0.29, 0.717) is 11.4 Å². The molecule has 2 rings (SSSR count). The summed E-state index contributed by atoms with van der Waals surface area (Å²) in [4.78, 5) is 0.324. The van der Waals surface area contributed by atoms with E-state index in [1.165, 1.54) is 6.26 Å². The summed E-state index contributed by atoms with van der Waals surface area (Å²) in [5.74, 6) is 0.814. The average molecular weight is 305 g/mol. The van der Waals surface area contributed by atoms with Crippen molar-refractivity contribution in [2.24, 2.45) is 0 Å². The van der Waals surface area contributed by atoms with Crippen LogP contribution in [0.15, 0.2) is 47.4 Å². The van der Waals surface area contributed by atoms with Gasteiger partial charge in [-0.2, -0.15) is 0 Å². The lowest BCUT2D eigenvalue weighted by Crippen LogP contribution is -2.04. The van der Waals surface area contributed by atoms with E-state index in [2.05, 4.69) is 5.32 Å². The summed E-state index contributed by atoms with van der Waals surface area (Å²) >= 11 is 0. The molecule has 0 unspecified atom stereocenters. The molecular formula is C16H19NO3S. The number of sulfone groups is 1. The lowest BCUT2D eigenvalue weighted by Gasteiger charge is -2.11. The second-order valence-electron chi connectivity index (χ2n) is 4.95. The fraction of sp³-hybridized carbons (Fsp3) is 0.250. The Hall–Kier alpha value is -2.01. The minimum Gasteiger partial charge on any atom is -0.497 e.